The predicted octanol–water partition coefficient (Wildman–Crippen LogP) is 1.84. The maximum absolute atomic E-state index is 13.1. The quantitative estimate of drug-likeness (QED) is 0.799. The molecule has 3 nitrogen and oxygen atoms in total. The summed E-state index contributed by atoms with van der Waals surface area (Å²) in [4.78, 5) is 0. The maximum atomic E-state index is 13.1. The molecule has 1 N–H and O–H groups in total. The van der Waals surface area contributed by atoms with E-state index in [0.29, 0.717) is 18.4 Å². The number of piperidine rings is 1. The van der Waals surface area contributed by atoms with Gasteiger partial charge in [-0.05, 0) is 43.6 Å². The summed E-state index contributed by atoms with van der Waals surface area (Å²) in [6.07, 6.45) is 1.31. The molecule has 2 rings (SSSR count). The normalized spacial score (nSPS) is 18.1. The Balaban J connectivity index is 2.52. The molecule has 0 amide bonds. The first-order valence-corrected chi connectivity index (χ1v) is 5.54. The molecule has 0 aromatic heterocycles. The van der Waals surface area contributed by atoms with Crippen molar-refractivity contribution in [3.8, 4) is 12.1 Å². The molecule has 17 heavy (non-hydrogen) atoms. The first-order chi connectivity index (χ1) is 8.22. The lowest BCUT2D eigenvalue weighted by atomic mass is 9.73. The summed E-state index contributed by atoms with van der Waals surface area (Å²) in [5.74, 6) is -0.438. The largest absolute Gasteiger partial charge is 0.317 e. The summed E-state index contributed by atoms with van der Waals surface area (Å²) in [6.45, 7) is 1.49. The van der Waals surface area contributed by atoms with Gasteiger partial charge in [-0.25, -0.2) is 4.39 Å². The zero-order valence-electron chi connectivity index (χ0n) is 9.33. The first kappa shape index (κ1) is 11.6. The minimum Gasteiger partial charge on any atom is -0.317 e. The van der Waals surface area contributed by atoms with Crippen molar-refractivity contribution in [1.29, 1.82) is 10.5 Å². The molecular formula is C13H12FN3. The van der Waals surface area contributed by atoms with E-state index < -0.39 is 11.2 Å². The van der Waals surface area contributed by atoms with Gasteiger partial charge in [0.25, 0.3) is 0 Å². The Bertz CT molecular complexity index is 504. The fourth-order valence-corrected chi connectivity index (χ4v) is 2.32. The standard InChI is InChI=1S/C13H12FN3/c14-11-1-2-12(10(7-11)8-15)13(9-16)3-5-17-6-4-13/h1-2,7,17H,3-6H2. The monoisotopic (exact) mass is 229 g/mol. The van der Waals surface area contributed by atoms with E-state index in [1.54, 1.807) is 6.07 Å². The number of benzene rings is 1. The van der Waals surface area contributed by atoms with Crippen molar-refractivity contribution in [3.05, 3.63) is 35.1 Å². The molecule has 1 fully saturated rings. The highest BCUT2D eigenvalue weighted by Gasteiger charge is 2.36. The van der Waals surface area contributed by atoms with Crippen LogP contribution >= 0.6 is 0 Å². The zero-order chi connectivity index (χ0) is 12.3. The third-order valence-corrected chi connectivity index (χ3v) is 3.29. The Morgan fingerprint density at radius 3 is 2.53 bits per heavy atom. The lowest BCUT2D eigenvalue weighted by Gasteiger charge is -2.32. The molecule has 0 unspecified atom stereocenters. The number of nitriles is 2. The molecule has 1 aliphatic rings. The molecule has 0 atom stereocenters. The van der Waals surface area contributed by atoms with Gasteiger partial charge in [0, 0.05) is 0 Å². The molecule has 1 aromatic carbocycles. The molecule has 0 spiro atoms. The summed E-state index contributed by atoms with van der Waals surface area (Å²) in [5.41, 5.74) is 0.281. The zero-order valence-corrected chi connectivity index (χ0v) is 9.33. The van der Waals surface area contributed by atoms with Crippen LogP contribution in [0.5, 0.6) is 0 Å². The Kier molecular flexibility index (Phi) is 3.08. The van der Waals surface area contributed by atoms with Gasteiger partial charge in [-0.2, -0.15) is 10.5 Å². The third kappa shape index (κ3) is 2.00. The van der Waals surface area contributed by atoms with Crippen LogP contribution in [0.2, 0.25) is 0 Å². The van der Waals surface area contributed by atoms with Crippen molar-refractivity contribution in [1.82, 2.24) is 5.32 Å². The molecule has 4 heteroatoms. The molecule has 1 saturated heterocycles. The van der Waals surface area contributed by atoms with Crippen LogP contribution in [0.4, 0.5) is 4.39 Å². The summed E-state index contributed by atoms with van der Waals surface area (Å²) in [6, 6.07) is 8.39. The van der Waals surface area contributed by atoms with Crippen LogP contribution in [-0.2, 0) is 5.41 Å². The van der Waals surface area contributed by atoms with E-state index in [2.05, 4.69) is 11.4 Å². The average molecular weight is 229 g/mol. The van der Waals surface area contributed by atoms with Crippen LogP contribution in [-0.4, -0.2) is 13.1 Å². The third-order valence-electron chi connectivity index (χ3n) is 3.29. The van der Waals surface area contributed by atoms with E-state index >= 15 is 0 Å². The lowest BCUT2D eigenvalue weighted by Crippen LogP contribution is -2.39. The van der Waals surface area contributed by atoms with Crippen LogP contribution in [0, 0.1) is 28.5 Å². The lowest BCUT2D eigenvalue weighted by molar-refractivity contribution is 0.381. The Morgan fingerprint density at radius 1 is 1.24 bits per heavy atom. The molecule has 0 aliphatic carbocycles. The Labute approximate surface area is 99.5 Å². The van der Waals surface area contributed by atoms with Gasteiger partial charge >= 0.3 is 0 Å². The van der Waals surface area contributed by atoms with Crippen molar-refractivity contribution in [2.45, 2.75) is 18.3 Å². The van der Waals surface area contributed by atoms with E-state index in [9.17, 15) is 9.65 Å². The highest BCUT2D eigenvalue weighted by atomic mass is 19.1. The summed E-state index contributed by atoms with van der Waals surface area (Å²) in [7, 11) is 0. The summed E-state index contributed by atoms with van der Waals surface area (Å²) < 4.78 is 13.1. The maximum Gasteiger partial charge on any atom is 0.124 e. The van der Waals surface area contributed by atoms with Gasteiger partial charge in [0.2, 0.25) is 0 Å². The van der Waals surface area contributed by atoms with Crippen molar-refractivity contribution in [2.24, 2.45) is 0 Å². The highest BCUT2D eigenvalue weighted by molar-refractivity contribution is 5.46. The van der Waals surface area contributed by atoms with E-state index in [1.165, 1.54) is 12.1 Å². The number of halogens is 1. The fraction of sp³-hybridized carbons (Fsp3) is 0.385. The summed E-state index contributed by atoms with van der Waals surface area (Å²) >= 11 is 0. The van der Waals surface area contributed by atoms with Gasteiger partial charge in [-0.15, -0.1) is 0 Å². The number of nitrogens with one attached hydrogen (secondary N) is 1. The average Bonchev–Trinajstić information content (AvgIpc) is 2.39. The minimum absolute atomic E-state index is 0.272. The van der Waals surface area contributed by atoms with E-state index in [4.69, 9.17) is 5.26 Å². The Morgan fingerprint density at radius 2 is 1.94 bits per heavy atom. The van der Waals surface area contributed by atoms with Crippen LogP contribution in [0.1, 0.15) is 24.0 Å². The summed E-state index contributed by atoms with van der Waals surface area (Å²) in [5, 5.41) is 21.6. The second-order valence-electron chi connectivity index (χ2n) is 4.25. The second kappa shape index (κ2) is 4.53. The van der Waals surface area contributed by atoms with E-state index in [0.717, 1.165) is 13.1 Å². The van der Waals surface area contributed by atoms with Gasteiger partial charge in [-0.1, -0.05) is 6.07 Å². The van der Waals surface area contributed by atoms with Gasteiger partial charge in [0.15, 0.2) is 0 Å². The molecule has 0 bridgehead atoms. The number of hydrogen-bond acceptors (Lipinski definition) is 3. The SMILES string of the molecule is N#Cc1cc(F)ccc1C1(C#N)CCNCC1. The van der Waals surface area contributed by atoms with E-state index in [1.807, 2.05) is 6.07 Å². The van der Waals surface area contributed by atoms with Gasteiger partial charge in [0.1, 0.15) is 5.82 Å². The van der Waals surface area contributed by atoms with Crippen molar-refractivity contribution < 1.29 is 4.39 Å². The van der Waals surface area contributed by atoms with Gasteiger partial charge < -0.3 is 5.32 Å². The predicted molar refractivity (Wildman–Crippen MR) is 60.5 cm³/mol. The minimum atomic E-state index is -0.649. The molecule has 86 valence electrons. The van der Waals surface area contributed by atoms with Crippen LogP contribution < -0.4 is 5.32 Å². The van der Waals surface area contributed by atoms with Crippen molar-refractivity contribution in [3.63, 3.8) is 0 Å². The highest BCUT2D eigenvalue weighted by Crippen LogP contribution is 2.34. The topological polar surface area (TPSA) is 59.6 Å². The molecule has 0 saturated carbocycles. The molecule has 1 aliphatic heterocycles. The molecule has 0 radical (unpaired) electrons. The smallest absolute Gasteiger partial charge is 0.124 e. The van der Waals surface area contributed by atoms with Gasteiger partial charge in [0.05, 0.1) is 23.1 Å². The Hall–Kier alpha value is -1.91. The van der Waals surface area contributed by atoms with Crippen molar-refractivity contribution in [2.75, 3.05) is 13.1 Å². The van der Waals surface area contributed by atoms with E-state index in [-0.39, 0.29) is 5.56 Å². The van der Waals surface area contributed by atoms with Gasteiger partial charge in [-0.3, -0.25) is 0 Å². The molecule has 1 aromatic rings. The number of hydrogen-bond donors (Lipinski definition) is 1. The molecule has 1 heterocycles. The van der Waals surface area contributed by atoms with Crippen LogP contribution in [0.3, 0.4) is 0 Å². The number of rotatable bonds is 1. The molecular weight excluding hydrogens is 217 g/mol. The second-order valence-corrected chi connectivity index (χ2v) is 4.25. The van der Waals surface area contributed by atoms with Crippen LogP contribution in [0.25, 0.3) is 0 Å². The fourth-order valence-electron chi connectivity index (χ4n) is 2.32. The van der Waals surface area contributed by atoms with Crippen LogP contribution in [0.15, 0.2) is 18.2 Å². The number of nitrogens with zero attached hydrogens (tertiary/aromatic N) is 2. The van der Waals surface area contributed by atoms with Crippen molar-refractivity contribution >= 4 is 0 Å². The first-order valence-electron chi connectivity index (χ1n) is 5.54.